The molecule has 0 aliphatic heterocycles. The van der Waals surface area contributed by atoms with Crippen molar-refractivity contribution in [1.29, 1.82) is 0 Å². The Balaban J connectivity index is 1.73. The normalized spacial score (nSPS) is 10.2. The number of nitrogens with zero attached hydrogens (tertiary/aromatic N) is 3. The lowest BCUT2D eigenvalue weighted by Gasteiger charge is -2.07. The quantitative estimate of drug-likeness (QED) is 0.665. The van der Waals surface area contributed by atoms with Gasteiger partial charge in [-0.05, 0) is 30.3 Å². The first-order valence-corrected chi connectivity index (χ1v) is 7.17. The number of hydrogen-bond acceptors (Lipinski definition) is 7. The van der Waals surface area contributed by atoms with E-state index in [0.29, 0.717) is 17.5 Å². The Bertz CT molecular complexity index is 774. The maximum Gasteiger partial charge on any atom is 0.335 e. The highest BCUT2D eigenvalue weighted by molar-refractivity contribution is 7.13. The van der Waals surface area contributed by atoms with Gasteiger partial charge in [-0.2, -0.15) is 4.98 Å². The number of aromatic nitrogens is 3. The van der Waals surface area contributed by atoms with E-state index in [2.05, 4.69) is 25.6 Å². The highest BCUT2D eigenvalue weighted by atomic mass is 32.1. The van der Waals surface area contributed by atoms with Gasteiger partial charge in [0, 0.05) is 11.9 Å². The van der Waals surface area contributed by atoms with Crippen LogP contribution in [0.15, 0.2) is 48.2 Å². The molecule has 0 unspecified atom stereocenters. The topological polar surface area (TPSA) is 100 Å². The van der Waals surface area contributed by atoms with Crippen molar-refractivity contribution in [1.82, 2.24) is 15.0 Å². The number of carbonyl (C=O) groups is 1. The molecule has 0 amide bonds. The van der Waals surface area contributed by atoms with Gasteiger partial charge in [0.1, 0.15) is 10.8 Å². The molecule has 0 saturated carbocycles. The van der Waals surface area contributed by atoms with Crippen LogP contribution in [0.3, 0.4) is 0 Å². The van der Waals surface area contributed by atoms with Crippen molar-refractivity contribution in [2.75, 3.05) is 10.6 Å². The van der Waals surface area contributed by atoms with Crippen LogP contribution in [0.4, 0.5) is 22.5 Å². The summed E-state index contributed by atoms with van der Waals surface area (Å²) in [6.07, 6.45) is 3.34. The first kappa shape index (κ1) is 14.0. The van der Waals surface area contributed by atoms with Gasteiger partial charge in [-0.1, -0.05) is 0 Å². The molecule has 22 heavy (non-hydrogen) atoms. The zero-order valence-corrected chi connectivity index (χ0v) is 12.0. The van der Waals surface area contributed by atoms with Crippen LogP contribution in [-0.4, -0.2) is 26.0 Å². The van der Waals surface area contributed by atoms with Gasteiger partial charge in [-0.15, -0.1) is 11.3 Å². The molecule has 2 heterocycles. The van der Waals surface area contributed by atoms with Gasteiger partial charge >= 0.3 is 5.97 Å². The maximum atomic E-state index is 10.8. The van der Waals surface area contributed by atoms with Crippen molar-refractivity contribution in [2.24, 2.45) is 0 Å². The van der Waals surface area contributed by atoms with Crippen LogP contribution in [0.5, 0.6) is 0 Å². The van der Waals surface area contributed by atoms with E-state index in [1.807, 2.05) is 0 Å². The number of anilines is 4. The first-order chi connectivity index (χ1) is 10.7. The van der Waals surface area contributed by atoms with Crippen molar-refractivity contribution in [3.8, 4) is 0 Å². The third-order valence-corrected chi connectivity index (χ3v) is 3.42. The summed E-state index contributed by atoms with van der Waals surface area (Å²) in [5.74, 6) is 0.0973. The summed E-state index contributed by atoms with van der Waals surface area (Å²) in [5, 5.41) is 15.9. The third kappa shape index (κ3) is 3.36. The van der Waals surface area contributed by atoms with Crippen molar-refractivity contribution in [2.45, 2.75) is 0 Å². The standard InChI is InChI=1S/C14H11N5O2S/c20-13(21)9-1-3-10(4-2-9)17-14-16-6-5-11(19-14)18-12-7-15-8-22-12/h1-8H,(H,20,21)(H2,16,17,18,19). The van der Waals surface area contributed by atoms with Gasteiger partial charge in [-0.25, -0.2) is 9.78 Å². The largest absolute Gasteiger partial charge is 0.478 e. The number of benzene rings is 1. The molecule has 3 N–H and O–H groups in total. The predicted molar refractivity (Wildman–Crippen MR) is 84.1 cm³/mol. The summed E-state index contributed by atoms with van der Waals surface area (Å²) in [6, 6.07) is 8.11. The SMILES string of the molecule is O=C(O)c1ccc(Nc2nccc(Nc3cncs3)n2)cc1. The Morgan fingerprint density at radius 3 is 2.64 bits per heavy atom. The van der Waals surface area contributed by atoms with E-state index in [4.69, 9.17) is 5.11 Å². The summed E-state index contributed by atoms with van der Waals surface area (Å²) in [4.78, 5) is 23.2. The van der Waals surface area contributed by atoms with Crippen LogP contribution in [-0.2, 0) is 0 Å². The average Bonchev–Trinajstić information content (AvgIpc) is 3.01. The van der Waals surface area contributed by atoms with E-state index in [-0.39, 0.29) is 5.56 Å². The zero-order valence-electron chi connectivity index (χ0n) is 11.2. The molecule has 0 spiro atoms. The van der Waals surface area contributed by atoms with E-state index in [0.717, 1.165) is 5.00 Å². The molecule has 3 aromatic rings. The molecule has 0 bridgehead atoms. The van der Waals surface area contributed by atoms with Crippen molar-refractivity contribution < 1.29 is 9.90 Å². The lowest BCUT2D eigenvalue weighted by atomic mass is 10.2. The molecule has 1 aromatic carbocycles. The molecular formula is C14H11N5O2S. The maximum absolute atomic E-state index is 10.8. The molecule has 0 fully saturated rings. The van der Waals surface area contributed by atoms with Crippen LogP contribution in [0.2, 0.25) is 0 Å². The van der Waals surface area contributed by atoms with E-state index in [1.54, 1.807) is 36.1 Å². The van der Waals surface area contributed by atoms with Gasteiger partial charge in [0.25, 0.3) is 0 Å². The summed E-state index contributed by atoms with van der Waals surface area (Å²) >= 11 is 1.47. The van der Waals surface area contributed by atoms with Gasteiger partial charge < -0.3 is 15.7 Å². The number of rotatable bonds is 5. The summed E-state index contributed by atoms with van der Waals surface area (Å²) < 4.78 is 0. The van der Waals surface area contributed by atoms with Crippen LogP contribution in [0.25, 0.3) is 0 Å². The second-order valence-electron chi connectivity index (χ2n) is 4.26. The van der Waals surface area contributed by atoms with Crippen molar-refractivity contribution >= 4 is 39.8 Å². The van der Waals surface area contributed by atoms with Crippen LogP contribution < -0.4 is 10.6 Å². The van der Waals surface area contributed by atoms with Crippen LogP contribution in [0.1, 0.15) is 10.4 Å². The smallest absolute Gasteiger partial charge is 0.335 e. The summed E-state index contributed by atoms with van der Waals surface area (Å²) in [5.41, 5.74) is 2.67. The van der Waals surface area contributed by atoms with Crippen molar-refractivity contribution in [3.63, 3.8) is 0 Å². The van der Waals surface area contributed by atoms with Gasteiger partial charge in [0.05, 0.1) is 17.3 Å². The molecule has 110 valence electrons. The fraction of sp³-hybridized carbons (Fsp3) is 0. The van der Waals surface area contributed by atoms with E-state index < -0.39 is 5.97 Å². The minimum Gasteiger partial charge on any atom is -0.478 e. The molecular weight excluding hydrogens is 302 g/mol. The first-order valence-electron chi connectivity index (χ1n) is 6.30. The minimum absolute atomic E-state index is 0.229. The third-order valence-electron chi connectivity index (χ3n) is 2.73. The molecule has 0 saturated heterocycles. The Labute approximate surface area is 129 Å². The number of carboxylic acids is 1. The fourth-order valence-corrected chi connectivity index (χ4v) is 2.24. The second-order valence-corrected chi connectivity index (χ2v) is 5.15. The van der Waals surface area contributed by atoms with E-state index >= 15 is 0 Å². The number of aromatic carboxylic acids is 1. The molecule has 2 aromatic heterocycles. The lowest BCUT2D eigenvalue weighted by Crippen LogP contribution is -2.00. The number of carboxylic acid groups (broad SMARTS) is 1. The Kier molecular flexibility index (Phi) is 3.92. The van der Waals surface area contributed by atoms with Gasteiger partial charge in [0.15, 0.2) is 0 Å². The average molecular weight is 313 g/mol. The highest BCUT2D eigenvalue weighted by Crippen LogP contribution is 2.20. The number of thiazole rings is 1. The number of nitrogens with one attached hydrogen (secondary N) is 2. The summed E-state index contributed by atoms with van der Waals surface area (Å²) in [7, 11) is 0. The molecule has 0 aliphatic rings. The molecule has 3 rings (SSSR count). The molecule has 0 aliphatic carbocycles. The molecule has 7 nitrogen and oxygen atoms in total. The van der Waals surface area contributed by atoms with Gasteiger partial charge in [0.2, 0.25) is 5.95 Å². The Hall–Kier alpha value is -3.00. The van der Waals surface area contributed by atoms with Crippen molar-refractivity contribution in [3.05, 3.63) is 53.8 Å². The predicted octanol–water partition coefficient (Wildman–Crippen LogP) is 3.12. The fourth-order valence-electron chi connectivity index (χ4n) is 1.72. The zero-order chi connectivity index (χ0) is 15.4. The second kappa shape index (κ2) is 6.19. The summed E-state index contributed by atoms with van der Waals surface area (Å²) in [6.45, 7) is 0. The van der Waals surface area contributed by atoms with E-state index in [9.17, 15) is 4.79 Å². The molecule has 0 atom stereocenters. The van der Waals surface area contributed by atoms with Gasteiger partial charge in [-0.3, -0.25) is 4.98 Å². The minimum atomic E-state index is -0.960. The molecule has 0 radical (unpaired) electrons. The highest BCUT2D eigenvalue weighted by Gasteiger charge is 2.04. The van der Waals surface area contributed by atoms with Crippen LogP contribution >= 0.6 is 11.3 Å². The monoisotopic (exact) mass is 313 g/mol. The van der Waals surface area contributed by atoms with Crippen LogP contribution in [0, 0.1) is 0 Å². The molecule has 8 heteroatoms. The number of hydrogen-bond donors (Lipinski definition) is 3. The lowest BCUT2D eigenvalue weighted by molar-refractivity contribution is 0.0697. The Morgan fingerprint density at radius 1 is 1.14 bits per heavy atom. The Morgan fingerprint density at radius 2 is 1.95 bits per heavy atom. The van der Waals surface area contributed by atoms with E-state index in [1.165, 1.54) is 23.5 Å².